The number of benzene rings is 1. The third-order valence-electron chi connectivity index (χ3n) is 3.36. The highest BCUT2D eigenvalue weighted by Crippen LogP contribution is 2.30. The molecule has 6 N–H and O–H groups in total. The van der Waals surface area contributed by atoms with Gasteiger partial charge in [-0.25, -0.2) is 4.79 Å². The van der Waals surface area contributed by atoms with Crippen LogP contribution in [0.1, 0.15) is 20.9 Å². The Kier molecular flexibility index (Phi) is 3.34. The van der Waals surface area contributed by atoms with E-state index >= 15 is 0 Å². The predicted octanol–water partition coefficient (Wildman–Crippen LogP) is 1.83. The Morgan fingerprint density at radius 2 is 1.96 bits per heavy atom. The Balaban J connectivity index is 2.14. The zero-order valence-electron chi connectivity index (χ0n) is 11.8. The largest absolute Gasteiger partial charge is 0.461 e. The van der Waals surface area contributed by atoms with Gasteiger partial charge in [0.15, 0.2) is 12.0 Å². The molecule has 8 heteroatoms. The van der Waals surface area contributed by atoms with Crippen LogP contribution in [0.15, 0.2) is 34.9 Å². The maximum Gasteiger partial charge on any atom is 0.317 e. The molecule has 2 heterocycles. The number of urea groups is 1. The fourth-order valence-electron chi connectivity index (χ4n) is 2.42. The van der Waals surface area contributed by atoms with Gasteiger partial charge in [0.2, 0.25) is 0 Å². The Bertz CT molecular complexity index is 938. The van der Waals surface area contributed by atoms with E-state index in [4.69, 9.17) is 15.9 Å². The molecule has 0 saturated heterocycles. The van der Waals surface area contributed by atoms with Crippen LogP contribution in [-0.4, -0.2) is 23.2 Å². The van der Waals surface area contributed by atoms with E-state index in [1.165, 1.54) is 6.26 Å². The topological polar surface area (TPSA) is 144 Å². The monoisotopic (exact) mass is 312 g/mol. The van der Waals surface area contributed by atoms with Crippen LogP contribution < -0.4 is 16.8 Å². The van der Waals surface area contributed by atoms with Crippen molar-refractivity contribution in [3.8, 4) is 11.1 Å². The molecule has 0 unspecified atom stereocenters. The molecule has 0 saturated carbocycles. The lowest BCUT2D eigenvalue weighted by Crippen LogP contribution is -2.22. The molecular formula is C15H12N4O4. The number of hydrogen-bond donors (Lipinski definition) is 4. The molecule has 3 amide bonds. The van der Waals surface area contributed by atoms with Gasteiger partial charge in [0.05, 0.1) is 11.8 Å². The van der Waals surface area contributed by atoms with Crippen LogP contribution in [0.25, 0.3) is 22.0 Å². The summed E-state index contributed by atoms with van der Waals surface area (Å²) >= 11 is 0. The second-order valence-corrected chi connectivity index (χ2v) is 4.84. The molecule has 2 aromatic heterocycles. The first-order valence-corrected chi connectivity index (χ1v) is 6.55. The van der Waals surface area contributed by atoms with E-state index in [9.17, 15) is 14.4 Å². The number of aldehydes is 1. The van der Waals surface area contributed by atoms with Crippen molar-refractivity contribution in [2.24, 2.45) is 11.5 Å². The number of hydrogen-bond acceptors (Lipinski definition) is 4. The molecule has 1 aromatic carbocycles. The van der Waals surface area contributed by atoms with Gasteiger partial charge in [-0.2, -0.15) is 0 Å². The zero-order chi connectivity index (χ0) is 16.6. The van der Waals surface area contributed by atoms with Crippen molar-refractivity contribution in [2.75, 3.05) is 5.32 Å². The standard InChI is InChI=1S/C15H12N4O4/c16-13(21)12-10-2-1-7(8-3-9(5-20)23-6-8)4-11(10)18-14(12)19-15(17)22/h1-6,18H,(H2,16,21)(H3,17,19,22). The highest BCUT2D eigenvalue weighted by molar-refractivity contribution is 6.13. The van der Waals surface area contributed by atoms with E-state index in [1.807, 2.05) is 0 Å². The molecule has 0 fully saturated rings. The van der Waals surface area contributed by atoms with Crippen molar-refractivity contribution in [3.05, 3.63) is 41.9 Å². The molecule has 0 bridgehead atoms. The van der Waals surface area contributed by atoms with Gasteiger partial charge in [-0.3, -0.25) is 14.9 Å². The quantitative estimate of drug-likeness (QED) is 0.544. The summed E-state index contributed by atoms with van der Waals surface area (Å²) in [4.78, 5) is 36.3. The molecule has 0 spiro atoms. The Hall–Kier alpha value is -3.55. The van der Waals surface area contributed by atoms with Crippen LogP contribution in [0.5, 0.6) is 0 Å². The molecule has 8 nitrogen and oxygen atoms in total. The second-order valence-electron chi connectivity index (χ2n) is 4.84. The van der Waals surface area contributed by atoms with E-state index in [-0.39, 0.29) is 17.1 Å². The lowest BCUT2D eigenvalue weighted by Gasteiger charge is -2.00. The molecular weight excluding hydrogens is 300 g/mol. The zero-order valence-corrected chi connectivity index (χ0v) is 11.8. The van der Waals surface area contributed by atoms with Gasteiger partial charge in [-0.1, -0.05) is 12.1 Å². The number of nitrogens with one attached hydrogen (secondary N) is 2. The van der Waals surface area contributed by atoms with E-state index in [2.05, 4.69) is 10.3 Å². The van der Waals surface area contributed by atoms with E-state index in [1.54, 1.807) is 24.3 Å². The molecule has 0 atom stereocenters. The summed E-state index contributed by atoms with van der Waals surface area (Å²) in [6.45, 7) is 0. The van der Waals surface area contributed by atoms with Gasteiger partial charge in [0.25, 0.3) is 5.91 Å². The summed E-state index contributed by atoms with van der Waals surface area (Å²) < 4.78 is 5.07. The molecule has 23 heavy (non-hydrogen) atoms. The molecule has 0 aliphatic carbocycles. The number of aromatic amines is 1. The van der Waals surface area contributed by atoms with Crippen molar-refractivity contribution in [2.45, 2.75) is 0 Å². The molecule has 0 aliphatic rings. The third-order valence-corrected chi connectivity index (χ3v) is 3.36. The smallest absolute Gasteiger partial charge is 0.317 e. The fourth-order valence-corrected chi connectivity index (χ4v) is 2.42. The number of anilines is 1. The van der Waals surface area contributed by atoms with Crippen molar-refractivity contribution >= 4 is 34.9 Å². The molecule has 3 rings (SSSR count). The number of rotatable bonds is 4. The number of amides is 3. The highest BCUT2D eigenvalue weighted by atomic mass is 16.3. The summed E-state index contributed by atoms with van der Waals surface area (Å²) in [5, 5.41) is 2.88. The van der Waals surface area contributed by atoms with E-state index in [0.29, 0.717) is 22.8 Å². The summed E-state index contributed by atoms with van der Waals surface area (Å²) in [6.07, 6.45) is 2.06. The molecule has 116 valence electrons. The number of carbonyl (C=O) groups excluding carboxylic acids is 3. The summed E-state index contributed by atoms with van der Waals surface area (Å²) in [5.74, 6) is -0.349. The van der Waals surface area contributed by atoms with E-state index < -0.39 is 11.9 Å². The van der Waals surface area contributed by atoms with Crippen LogP contribution in [-0.2, 0) is 0 Å². The number of H-pyrrole nitrogens is 1. The van der Waals surface area contributed by atoms with Gasteiger partial charge in [-0.05, 0) is 17.7 Å². The molecule has 3 aromatic rings. The van der Waals surface area contributed by atoms with Crippen LogP contribution in [0.4, 0.5) is 10.6 Å². The Morgan fingerprint density at radius 3 is 2.57 bits per heavy atom. The number of nitrogens with two attached hydrogens (primary N) is 2. The number of carbonyl (C=O) groups is 3. The van der Waals surface area contributed by atoms with Gasteiger partial charge in [-0.15, -0.1) is 0 Å². The number of fused-ring (bicyclic) bond motifs is 1. The second kappa shape index (κ2) is 5.34. The minimum Gasteiger partial charge on any atom is -0.461 e. The first-order valence-electron chi connectivity index (χ1n) is 6.55. The Morgan fingerprint density at radius 1 is 1.17 bits per heavy atom. The van der Waals surface area contributed by atoms with Crippen molar-refractivity contribution < 1.29 is 18.8 Å². The SMILES string of the molecule is NC(=O)Nc1[nH]c2cc(-c3coc(C=O)c3)ccc2c1C(N)=O. The summed E-state index contributed by atoms with van der Waals surface area (Å²) in [5.41, 5.74) is 12.6. The molecule has 0 radical (unpaired) electrons. The Labute approximate surface area is 129 Å². The fraction of sp³-hybridized carbons (Fsp3) is 0. The maximum absolute atomic E-state index is 11.6. The minimum absolute atomic E-state index is 0.137. The lowest BCUT2D eigenvalue weighted by atomic mass is 10.1. The maximum atomic E-state index is 11.6. The number of primary amides is 2. The van der Waals surface area contributed by atoms with Crippen LogP contribution in [0, 0.1) is 0 Å². The van der Waals surface area contributed by atoms with Crippen molar-refractivity contribution in [1.29, 1.82) is 0 Å². The van der Waals surface area contributed by atoms with Crippen molar-refractivity contribution in [3.63, 3.8) is 0 Å². The lowest BCUT2D eigenvalue weighted by molar-refractivity contribution is 0.100. The average molecular weight is 312 g/mol. The van der Waals surface area contributed by atoms with Crippen LogP contribution in [0.2, 0.25) is 0 Å². The number of aromatic nitrogens is 1. The third kappa shape index (κ3) is 2.53. The summed E-state index contributed by atoms with van der Waals surface area (Å²) in [7, 11) is 0. The minimum atomic E-state index is -0.815. The van der Waals surface area contributed by atoms with Crippen LogP contribution >= 0.6 is 0 Å². The number of furan rings is 1. The van der Waals surface area contributed by atoms with Crippen molar-refractivity contribution in [1.82, 2.24) is 4.98 Å². The molecule has 0 aliphatic heterocycles. The van der Waals surface area contributed by atoms with E-state index in [0.717, 1.165) is 5.56 Å². The van der Waals surface area contributed by atoms with Crippen LogP contribution in [0.3, 0.4) is 0 Å². The summed E-state index contributed by atoms with van der Waals surface area (Å²) in [6, 6.07) is 5.95. The highest BCUT2D eigenvalue weighted by Gasteiger charge is 2.18. The van der Waals surface area contributed by atoms with Gasteiger partial charge in [0, 0.05) is 16.5 Å². The van der Waals surface area contributed by atoms with Gasteiger partial charge < -0.3 is 20.9 Å². The first kappa shape index (κ1) is 14.4. The van der Waals surface area contributed by atoms with Gasteiger partial charge in [0.1, 0.15) is 5.82 Å². The normalized spacial score (nSPS) is 10.6. The average Bonchev–Trinajstić information content (AvgIpc) is 3.09. The predicted molar refractivity (Wildman–Crippen MR) is 83.1 cm³/mol. The van der Waals surface area contributed by atoms with Gasteiger partial charge >= 0.3 is 6.03 Å². The first-order chi connectivity index (χ1) is 11.0.